The molecule has 0 bridgehead atoms. The molecule has 2 aromatic rings. The summed E-state index contributed by atoms with van der Waals surface area (Å²) in [7, 11) is 0. The molecule has 1 aliphatic carbocycles. The lowest BCUT2D eigenvalue weighted by Gasteiger charge is -2.45. The van der Waals surface area contributed by atoms with Crippen molar-refractivity contribution in [1.82, 2.24) is 19.7 Å². The molecule has 3 atom stereocenters. The molecule has 4 aliphatic heterocycles. The standard InChI is InChI=1S/C36H35ClFN7O2/c1-2-32(46)45-15-14-43(21-24(45)8-11-39)34-26-16-30(38)25(28-20-41-19-23-6-3-7-29(37)33(23)28)17-31(26)42-35(27(34)18-40)47-22-36-9-4-12-44(36)13-5-10-36/h2-3,6-7,16-17,19-20,24,26,31H,1,4-5,8-10,12-15,21-22H2/t24-,26?,31?/m0/s1. The van der Waals surface area contributed by atoms with Gasteiger partial charge in [0.1, 0.15) is 24.1 Å². The number of hydrogen-bond donors (Lipinski definition) is 0. The Hall–Kier alpha value is -4.51. The van der Waals surface area contributed by atoms with Gasteiger partial charge in [0.05, 0.1) is 30.1 Å². The molecule has 2 unspecified atom stereocenters. The molecule has 0 saturated carbocycles. The predicted molar refractivity (Wildman–Crippen MR) is 177 cm³/mol. The number of dihydropyridines is 1. The highest BCUT2D eigenvalue weighted by Crippen LogP contribution is 2.44. The van der Waals surface area contributed by atoms with Gasteiger partial charge >= 0.3 is 0 Å². The molecule has 1 aromatic heterocycles. The van der Waals surface area contributed by atoms with E-state index in [-0.39, 0.29) is 29.3 Å². The van der Waals surface area contributed by atoms with Crippen LogP contribution in [0, 0.1) is 28.6 Å². The van der Waals surface area contributed by atoms with Crippen LogP contribution < -0.4 is 0 Å². The van der Waals surface area contributed by atoms with Crippen LogP contribution in [0.5, 0.6) is 0 Å². The number of hydrogen-bond acceptors (Lipinski definition) is 8. The highest BCUT2D eigenvalue weighted by molar-refractivity contribution is 6.36. The molecule has 1 amide bonds. The topological polar surface area (TPSA) is 109 Å². The molecule has 0 radical (unpaired) electrons. The number of carbonyl (C=O) groups is 1. The predicted octanol–water partition coefficient (Wildman–Crippen LogP) is 5.57. The summed E-state index contributed by atoms with van der Waals surface area (Å²) in [6.07, 6.45) is 12.3. The summed E-state index contributed by atoms with van der Waals surface area (Å²) in [5.41, 5.74) is 1.69. The van der Waals surface area contributed by atoms with Crippen LogP contribution in [0.4, 0.5) is 4.39 Å². The Bertz CT molecular complexity index is 1840. The van der Waals surface area contributed by atoms with E-state index < -0.39 is 23.8 Å². The van der Waals surface area contributed by atoms with E-state index in [0.717, 1.165) is 44.2 Å². The lowest BCUT2D eigenvalue weighted by molar-refractivity contribution is -0.130. The molecule has 0 N–H and O–H groups in total. The van der Waals surface area contributed by atoms with Gasteiger partial charge in [-0.2, -0.15) is 10.5 Å². The molecule has 5 heterocycles. The van der Waals surface area contributed by atoms with Gasteiger partial charge in [0.25, 0.3) is 0 Å². The van der Waals surface area contributed by atoms with Crippen LogP contribution in [0.15, 0.2) is 77.5 Å². The number of nitrogens with zero attached hydrogens (tertiary/aromatic N) is 7. The van der Waals surface area contributed by atoms with Crippen LogP contribution in [0.3, 0.4) is 0 Å². The Morgan fingerprint density at radius 3 is 2.72 bits per heavy atom. The van der Waals surface area contributed by atoms with Crippen molar-refractivity contribution >= 4 is 39.8 Å². The van der Waals surface area contributed by atoms with Crippen LogP contribution in [-0.4, -0.2) is 88.4 Å². The fraction of sp³-hybridized carbons (Fsp3) is 0.417. The quantitative estimate of drug-likeness (QED) is 0.376. The number of nitriles is 2. The lowest BCUT2D eigenvalue weighted by Crippen LogP contribution is -2.56. The third kappa shape index (κ3) is 5.40. The van der Waals surface area contributed by atoms with Crippen molar-refractivity contribution in [1.29, 1.82) is 10.5 Å². The average molecular weight is 652 g/mol. The number of carbonyl (C=O) groups excluding carboxylic acids is 1. The number of amides is 1. The summed E-state index contributed by atoms with van der Waals surface area (Å²) >= 11 is 6.63. The van der Waals surface area contributed by atoms with E-state index in [0.29, 0.717) is 53.5 Å². The molecule has 9 nitrogen and oxygen atoms in total. The van der Waals surface area contributed by atoms with Gasteiger partial charge in [0.2, 0.25) is 11.8 Å². The summed E-state index contributed by atoms with van der Waals surface area (Å²) in [6.45, 7) is 7.15. The highest BCUT2D eigenvalue weighted by atomic mass is 35.5. The second-order valence-electron chi connectivity index (χ2n) is 12.8. The zero-order valence-corrected chi connectivity index (χ0v) is 26.8. The third-order valence-corrected chi connectivity index (χ3v) is 10.7. The van der Waals surface area contributed by atoms with Gasteiger partial charge in [-0.25, -0.2) is 9.38 Å². The van der Waals surface area contributed by atoms with Crippen LogP contribution in [0.2, 0.25) is 5.02 Å². The number of aliphatic imine (C=N–C) groups is 1. The first kappa shape index (κ1) is 31.1. The number of aromatic nitrogens is 1. The van der Waals surface area contributed by atoms with E-state index in [1.54, 1.807) is 29.4 Å². The summed E-state index contributed by atoms with van der Waals surface area (Å²) in [6, 6.07) is 9.04. The maximum absolute atomic E-state index is 16.3. The van der Waals surface area contributed by atoms with Crippen molar-refractivity contribution < 1.29 is 13.9 Å². The van der Waals surface area contributed by atoms with Gasteiger partial charge in [-0.3, -0.25) is 14.7 Å². The van der Waals surface area contributed by atoms with Gasteiger partial charge in [-0.05, 0) is 63.1 Å². The molecule has 1 aromatic carbocycles. The van der Waals surface area contributed by atoms with Crippen molar-refractivity contribution in [3.05, 3.63) is 83.1 Å². The number of piperazine rings is 1. The minimum atomic E-state index is -0.601. The first-order valence-electron chi connectivity index (χ1n) is 16.1. The Kier molecular flexibility index (Phi) is 8.34. The highest BCUT2D eigenvalue weighted by Gasteiger charge is 2.46. The minimum absolute atomic E-state index is 0.0698. The van der Waals surface area contributed by atoms with E-state index in [1.165, 1.54) is 12.2 Å². The number of rotatable bonds is 6. The molecule has 47 heavy (non-hydrogen) atoms. The second kappa shape index (κ2) is 12.6. The molecular formula is C36H35ClFN7O2. The maximum Gasteiger partial charge on any atom is 0.246 e. The molecule has 0 spiro atoms. The summed E-state index contributed by atoms with van der Waals surface area (Å²) < 4.78 is 22.9. The lowest BCUT2D eigenvalue weighted by atomic mass is 9.82. The molecule has 3 fully saturated rings. The SMILES string of the molecule is C=CC(=O)N1CCN(C2=C(C#N)C(OCC34CCCN3CCC4)=NC3C=C(c4cncc5cccc(Cl)c45)C(F)=CC23)C[C@@H]1CC#N. The smallest absolute Gasteiger partial charge is 0.246 e. The number of halogens is 2. The number of pyridine rings is 1. The second-order valence-corrected chi connectivity index (χ2v) is 13.3. The number of fused-ring (bicyclic) bond motifs is 3. The normalized spacial score (nSPS) is 25.3. The van der Waals surface area contributed by atoms with E-state index in [1.807, 2.05) is 17.0 Å². The van der Waals surface area contributed by atoms with E-state index in [2.05, 4.69) is 28.6 Å². The Labute approximate surface area is 278 Å². The maximum atomic E-state index is 16.3. The summed E-state index contributed by atoms with van der Waals surface area (Å²) in [5.74, 6) is -1.06. The fourth-order valence-corrected chi connectivity index (χ4v) is 8.44. The van der Waals surface area contributed by atoms with E-state index >= 15 is 4.39 Å². The average Bonchev–Trinajstić information content (AvgIpc) is 3.67. The van der Waals surface area contributed by atoms with Gasteiger partial charge in [0, 0.05) is 70.6 Å². The van der Waals surface area contributed by atoms with E-state index in [9.17, 15) is 15.3 Å². The minimum Gasteiger partial charge on any atom is -0.475 e. The zero-order valence-electron chi connectivity index (χ0n) is 26.0. The van der Waals surface area contributed by atoms with Gasteiger partial charge in [-0.15, -0.1) is 0 Å². The van der Waals surface area contributed by atoms with Crippen LogP contribution >= 0.6 is 11.6 Å². The number of allylic oxidation sites excluding steroid dienone is 2. The Balaban J connectivity index is 1.30. The molecule has 5 aliphatic rings. The molecule has 7 rings (SSSR count). The fourth-order valence-electron chi connectivity index (χ4n) is 8.16. The van der Waals surface area contributed by atoms with Crippen LogP contribution in [0.1, 0.15) is 37.7 Å². The van der Waals surface area contributed by atoms with Gasteiger partial charge in [0.15, 0.2) is 0 Å². The largest absolute Gasteiger partial charge is 0.475 e. The van der Waals surface area contributed by atoms with Crippen molar-refractivity contribution in [2.75, 3.05) is 39.3 Å². The number of ether oxygens (including phenoxy) is 1. The van der Waals surface area contributed by atoms with Crippen LogP contribution in [-0.2, 0) is 9.53 Å². The first-order chi connectivity index (χ1) is 22.9. The van der Waals surface area contributed by atoms with Gasteiger partial charge < -0.3 is 14.5 Å². The molecule has 3 saturated heterocycles. The van der Waals surface area contributed by atoms with Crippen molar-refractivity contribution in [3.63, 3.8) is 0 Å². The third-order valence-electron chi connectivity index (χ3n) is 10.4. The monoisotopic (exact) mass is 651 g/mol. The Morgan fingerprint density at radius 1 is 1.17 bits per heavy atom. The zero-order chi connectivity index (χ0) is 32.7. The van der Waals surface area contributed by atoms with Crippen LogP contribution in [0.25, 0.3) is 16.3 Å². The van der Waals surface area contributed by atoms with E-state index in [4.69, 9.17) is 21.3 Å². The molecule has 240 valence electrons. The van der Waals surface area contributed by atoms with Crippen molar-refractivity contribution in [3.8, 4) is 12.1 Å². The molecular weight excluding hydrogens is 617 g/mol. The first-order valence-corrected chi connectivity index (χ1v) is 16.5. The van der Waals surface area contributed by atoms with Crippen molar-refractivity contribution in [2.24, 2.45) is 10.9 Å². The molecule has 11 heteroatoms. The summed E-state index contributed by atoms with van der Waals surface area (Å²) in [4.78, 5) is 28.2. The van der Waals surface area contributed by atoms with Crippen molar-refractivity contribution in [2.45, 2.75) is 49.7 Å². The summed E-state index contributed by atoms with van der Waals surface area (Å²) in [5, 5.41) is 22.2. The Morgan fingerprint density at radius 2 is 1.98 bits per heavy atom. The number of benzene rings is 1. The van der Waals surface area contributed by atoms with Gasteiger partial charge in [-0.1, -0.05) is 30.3 Å².